The smallest absolute Gasteiger partial charge is 0.332 e. The molecule has 2 atom stereocenters. The van der Waals surface area contributed by atoms with Gasteiger partial charge in [0, 0.05) is 31.9 Å². The highest BCUT2D eigenvalue weighted by Gasteiger charge is 2.52. The summed E-state index contributed by atoms with van der Waals surface area (Å²) >= 11 is 0. The number of fused-ring (bicyclic) bond motifs is 1. The van der Waals surface area contributed by atoms with Crippen LogP contribution in [0.1, 0.15) is 22.7 Å². The summed E-state index contributed by atoms with van der Waals surface area (Å²) in [5.74, 6) is -0.989. The number of nitrogens with zero attached hydrogens (tertiary/aromatic N) is 5. The van der Waals surface area contributed by atoms with Crippen molar-refractivity contribution in [2.75, 3.05) is 38.6 Å². The highest BCUT2D eigenvalue weighted by molar-refractivity contribution is 5.92. The van der Waals surface area contributed by atoms with Crippen molar-refractivity contribution < 1.29 is 18.8 Å². The van der Waals surface area contributed by atoms with Crippen LogP contribution in [0.2, 0.25) is 0 Å². The number of anilines is 1. The van der Waals surface area contributed by atoms with Crippen LogP contribution in [0.15, 0.2) is 91.5 Å². The van der Waals surface area contributed by atoms with Gasteiger partial charge >= 0.3 is 6.03 Å². The molecule has 0 radical (unpaired) electrons. The number of hydrogen-bond donors (Lipinski definition) is 1. The van der Waals surface area contributed by atoms with Crippen LogP contribution < -0.4 is 10.2 Å². The van der Waals surface area contributed by atoms with Crippen LogP contribution in [-0.2, 0) is 22.7 Å². The highest BCUT2D eigenvalue weighted by Crippen LogP contribution is 2.37. The van der Waals surface area contributed by atoms with Gasteiger partial charge in [-0.25, -0.2) is 9.18 Å². The average Bonchev–Trinajstić information content (AvgIpc) is 3.31. The number of rotatable bonds is 9. The lowest BCUT2D eigenvalue weighted by atomic mass is 9.99. The van der Waals surface area contributed by atoms with Crippen molar-refractivity contribution in [3.8, 4) is 0 Å². The van der Waals surface area contributed by atoms with Crippen molar-refractivity contribution >= 4 is 23.5 Å². The maximum absolute atomic E-state index is 15.2. The van der Waals surface area contributed by atoms with Gasteiger partial charge in [0.15, 0.2) is 0 Å². The lowest BCUT2D eigenvalue weighted by Gasteiger charge is -2.46. The Morgan fingerprint density at radius 1 is 1.02 bits per heavy atom. The Kier molecular flexibility index (Phi) is 8.53. The maximum atomic E-state index is 15.2. The molecule has 1 N–H and O–H groups in total. The molecule has 2 heterocycles. The molecular weight excluding hydrogens is 535 g/mol. The molecule has 0 saturated carbocycles. The van der Waals surface area contributed by atoms with Crippen LogP contribution in [0.4, 0.5) is 14.9 Å². The van der Waals surface area contributed by atoms with Gasteiger partial charge in [-0.15, -0.1) is 6.58 Å². The molecule has 3 aromatic carbocycles. The van der Waals surface area contributed by atoms with Gasteiger partial charge in [0.2, 0.25) is 5.91 Å². The number of benzene rings is 3. The maximum Gasteiger partial charge on any atom is 0.332 e. The lowest BCUT2D eigenvalue weighted by molar-refractivity contribution is -0.158. The molecule has 2 aliphatic rings. The number of carbonyl (C=O) groups is 3. The number of hydrazine groups is 1. The predicted octanol–water partition coefficient (Wildman–Crippen LogP) is 3.76. The minimum Gasteiger partial charge on any atom is -0.377 e. The van der Waals surface area contributed by atoms with E-state index in [1.165, 1.54) is 11.1 Å². The van der Waals surface area contributed by atoms with Gasteiger partial charge in [0.1, 0.15) is 18.0 Å². The van der Waals surface area contributed by atoms with Crippen LogP contribution in [0, 0.1) is 5.82 Å². The fourth-order valence-corrected chi connectivity index (χ4v) is 5.65. The largest absolute Gasteiger partial charge is 0.377 e. The van der Waals surface area contributed by atoms with Crippen LogP contribution in [0.5, 0.6) is 0 Å². The first-order valence-electron chi connectivity index (χ1n) is 13.9. The fraction of sp³-hybridized carbons (Fsp3) is 0.281. The number of carbonyl (C=O) groups excluding carboxylic acids is 3. The monoisotopic (exact) mass is 570 g/mol. The summed E-state index contributed by atoms with van der Waals surface area (Å²) in [6, 6.07) is 22.1. The molecular formula is C32H35FN6O3. The van der Waals surface area contributed by atoms with E-state index in [9.17, 15) is 14.4 Å². The lowest BCUT2D eigenvalue weighted by Crippen LogP contribution is -2.62. The molecule has 0 spiro atoms. The van der Waals surface area contributed by atoms with E-state index in [0.29, 0.717) is 23.4 Å². The molecule has 5 rings (SSSR count). The minimum atomic E-state index is -0.921. The van der Waals surface area contributed by atoms with E-state index in [0.717, 1.165) is 5.56 Å². The van der Waals surface area contributed by atoms with E-state index < -0.39 is 24.1 Å². The van der Waals surface area contributed by atoms with Gasteiger partial charge in [-0.1, -0.05) is 72.8 Å². The van der Waals surface area contributed by atoms with E-state index in [1.54, 1.807) is 27.0 Å². The number of nitrogens with one attached hydrogen (secondary N) is 1. The van der Waals surface area contributed by atoms with E-state index in [1.807, 2.05) is 85.7 Å². The molecule has 2 aliphatic heterocycles. The zero-order chi connectivity index (χ0) is 29.8. The molecule has 42 heavy (non-hydrogen) atoms. The van der Waals surface area contributed by atoms with Crippen molar-refractivity contribution in [1.82, 2.24) is 25.1 Å². The summed E-state index contributed by atoms with van der Waals surface area (Å²) in [4.78, 5) is 46.1. The average molecular weight is 571 g/mol. The van der Waals surface area contributed by atoms with E-state index in [4.69, 9.17) is 0 Å². The Labute approximate surface area is 245 Å². The molecule has 0 unspecified atom stereocenters. The zero-order valence-electron chi connectivity index (χ0n) is 23.8. The minimum absolute atomic E-state index is 0.0103. The standard InChI is InChI=1S/C32H35FN6O3/c1-4-18-37(32(42)34-19-23-12-7-5-8-13-23)38-22-29(40)39-28(38)21-36(31(41)30(39)24-14-9-6-10-15-24)20-25-26(33)16-11-17-27(25)35(2)3/h4-17,28,30H,1,18-22H2,2-3H3,(H,34,42)/t28-,30+/m1/s1. The van der Waals surface area contributed by atoms with Crippen LogP contribution in [-0.4, -0.2) is 77.6 Å². The molecule has 9 nitrogen and oxygen atoms in total. The third-order valence-electron chi connectivity index (χ3n) is 7.63. The number of urea groups is 1. The fourth-order valence-electron chi connectivity index (χ4n) is 5.65. The quantitative estimate of drug-likeness (QED) is 0.397. The number of halogens is 1. The Hall–Kier alpha value is -4.70. The first kappa shape index (κ1) is 28.8. The number of hydrogen-bond acceptors (Lipinski definition) is 5. The molecule has 3 aromatic rings. The molecule has 2 saturated heterocycles. The molecule has 0 bridgehead atoms. The van der Waals surface area contributed by atoms with Gasteiger partial charge < -0.3 is 20.0 Å². The summed E-state index contributed by atoms with van der Waals surface area (Å²) in [5.41, 5.74) is 2.63. The van der Waals surface area contributed by atoms with Gasteiger partial charge in [0.05, 0.1) is 26.2 Å². The molecule has 218 valence electrons. The SMILES string of the molecule is C=CCN(C(=O)NCc1ccccc1)N1CC(=O)N2[C@@H](c3ccccc3)C(=O)N(Cc3c(F)cccc3N(C)C)C[C@@H]21. The second kappa shape index (κ2) is 12.4. The second-order valence-electron chi connectivity index (χ2n) is 10.6. The molecule has 0 aromatic heterocycles. The van der Waals surface area contributed by atoms with Gasteiger partial charge in [-0.2, -0.15) is 5.01 Å². The normalized spacial score (nSPS) is 18.5. The summed E-state index contributed by atoms with van der Waals surface area (Å²) < 4.78 is 15.2. The summed E-state index contributed by atoms with van der Waals surface area (Å²) in [7, 11) is 3.65. The molecule has 10 heteroatoms. The van der Waals surface area contributed by atoms with Crippen LogP contribution in [0.3, 0.4) is 0 Å². The molecule has 2 fully saturated rings. The first-order chi connectivity index (χ1) is 20.3. The number of piperazine rings is 1. The summed E-state index contributed by atoms with van der Waals surface area (Å²) in [5, 5.41) is 6.08. The van der Waals surface area contributed by atoms with Crippen molar-refractivity contribution in [3.63, 3.8) is 0 Å². The van der Waals surface area contributed by atoms with Gasteiger partial charge in [0.25, 0.3) is 5.91 Å². The van der Waals surface area contributed by atoms with Crippen LogP contribution in [0.25, 0.3) is 0 Å². The second-order valence-corrected chi connectivity index (χ2v) is 10.6. The van der Waals surface area contributed by atoms with Crippen molar-refractivity contribution in [1.29, 1.82) is 0 Å². The summed E-state index contributed by atoms with van der Waals surface area (Å²) in [6.45, 7) is 4.29. The Bertz CT molecular complexity index is 1450. The Morgan fingerprint density at radius 3 is 2.38 bits per heavy atom. The first-order valence-corrected chi connectivity index (χ1v) is 13.9. The van der Waals surface area contributed by atoms with Crippen molar-refractivity contribution in [3.05, 3.63) is 114 Å². The van der Waals surface area contributed by atoms with E-state index >= 15 is 4.39 Å². The Balaban J connectivity index is 1.49. The zero-order valence-corrected chi connectivity index (χ0v) is 23.8. The third-order valence-corrected chi connectivity index (χ3v) is 7.63. The van der Waals surface area contributed by atoms with Gasteiger partial charge in [-0.3, -0.25) is 14.6 Å². The number of amides is 4. The molecule has 0 aliphatic carbocycles. The van der Waals surface area contributed by atoms with E-state index in [2.05, 4.69) is 11.9 Å². The Morgan fingerprint density at radius 2 is 1.71 bits per heavy atom. The third kappa shape index (κ3) is 5.71. The van der Waals surface area contributed by atoms with Crippen LogP contribution >= 0.6 is 0 Å². The van der Waals surface area contributed by atoms with Gasteiger partial charge in [-0.05, 0) is 23.3 Å². The predicted molar refractivity (Wildman–Crippen MR) is 158 cm³/mol. The topological polar surface area (TPSA) is 79.4 Å². The van der Waals surface area contributed by atoms with E-state index in [-0.39, 0.29) is 38.0 Å². The summed E-state index contributed by atoms with van der Waals surface area (Å²) in [6.07, 6.45) is 0.940. The molecule has 4 amide bonds. The van der Waals surface area contributed by atoms with Crippen molar-refractivity contribution in [2.24, 2.45) is 0 Å². The van der Waals surface area contributed by atoms with Crippen molar-refractivity contribution in [2.45, 2.75) is 25.3 Å². The highest BCUT2D eigenvalue weighted by atomic mass is 19.1.